The van der Waals surface area contributed by atoms with Gasteiger partial charge in [-0.3, -0.25) is 9.59 Å². The maximum absolute atomic E-state index is 12.6. The van der Waals surface area contributed by atoms with Gasteiger partial charge in [0, 0.05) is 0 Å². The molecule has 4 heteroatoms. The standard InChI is InChI=1S/C21H15NO3/c22-20(23)12-13-5-1-2-6-15(13)14-9-10-17-19(11-14)25-18-8-4-3-7-16(18)21(17)24/h1-11H,12H2,(H2,22,23). The number of hydrogen-bond acceptors (Lipinski definition) is 3. The molecule has 2 N–H and O–H groups in total. The lowest BCUT2D eigenvalue weighted by Crippen LogP contribution is -2.14. The van der Waals surface area contributed by atoms with Crippen molar-refractivity contribution < 1.29 is 9.21 Å². The molecule has 4 aromatic rings. The number of carbonyl (C=O) groups is 1. The summed E-state index contributed by atoms with van der Waals surface area (Å²) in [7, 11) is 0. The summed E-state index contributed by atoms with van der Waals surface area (Å²) >= 11 is 0. The average Bonchev–Trinajstić information content (AvgIpc) is 2.61. The summed E-state index contributed by atoms with van der Waals surface area (Å²) in [6, 6.07) is 20.3. The lowest BCUT2D eigenvalue weighted by Gasteiger charge is -2.09. The van der Waals surface area contributed by atoms with Crippen molar-refractivity contribution in [1.82, 2.24) is 0 Å². The van der Waals surface area contributed by atoms with Gasteiger partial charge in [-0.25, -0.2) is 0 Å². The normalized spacial score (nSPS) is 11.0. The zero-order valence-electron chi connectivity index (χ0n) is 13.4. The number of hydrogen-bond donors (Lipinski definition) is 1. The maximum atomic E-state index is 12.6. The van der Waals surface area contributed by atoms with Crippen LogP contribution in [0.15, 0.2) is 75.9 Å². The first-order chi connectivity index (χ1) is 12.1. The Morgan fingerprint density at radius 3 is 2.44 bits per heavy atom. The Hall–Kier alpha value is -3.40. The van der Waals surface area contributed by atoms with Crippen molar-refractivity contribution in [3.63, 3.8) is 0 Å². The second kappa shape index (κ2) is 5.91. The molecule has 1 amide bonds. The summed E-state index contributed by atoms with van der Waals surface area (Å²) in [4.78, 5) is 23.9. The highest BCUT2D eigenvalue weighted by Gasteiger charge is 2.11. The largest absolute Gasteiger partial charge is 0.456 e. The Balaban J connectivity index is 1.95. The van der Waals surface area contributed by atoms with Crippen LogP contribution < -0.4 is 11.2 Å². The predicted molar refractivity (Wildman–Crippen MR) is 98.3 cm³/mol. The van der Waals surface area contributed by atoms with Crippen molar-refractivity contribution in [3.8, 4) is 11.1 Å². The van der Waals surface area contributed by atoms with Gasteiger partial charge >= 0.3 is 0 Å². The number of fused-ring (bicyclic) bond motifs is 2. The molecule has 4 nitrogen and oxygen atoms in total. The summed E-state index contributed by atoms with van der Waals surface area (Å²) in [6.07, 6.45) is 0.163. The number of primary amides is 1. The van der Waals surface area contributed by atoms with Crippen LogP contribution in [0, 0.1) is 0 Å². The SMILES string of the molecule is NC(=O)Cc1ccccc1-c1ccc2c(=O)c3ccccc3oc2c1. The van der Waals surface area contributed by atoms with Crippen molar-refractivity contribution in [2.24, 2.45) is 5.73 Å². The van der Waals surface area contributed by atoms with Crippen LogP contribution in [0.1, 0.15) is 5.56 Å². The summed E-state index contributed by atoms with van der Waals surface area (Å²) in [5.74, 6) is -0.384. The van der Waals surface area contributed by atoms with Crippen LogP contribution in [0.25, 0.3) is 33.1 Å². The molecule has 0 bridgehead atoms. The van der Waals surface area contributed by atoms with E-state index in [9.17, 15) is 9.59 Å². The number of amides is 1. The summed E-state index contributed by atoms with van der Waals surface area (Å²) in [5, 5.41) is 1.10. The molecule has 3 aromatic carbocycles. The Labute approximate surface area is 143 Å². The minimum Gasteiger partial charge on any atom is -0.456 e. The van der Waals surface area contributed by atoms with Crippen molar-refractivity contribution >= 4 is 27.8 Å². The van der Waals surface area contributed by atoms with Crippen molar-refractivity contribution in [1.29, 1.82) is 0 Å². The van der Waals surface area contributed by atoms with Crippen molar-refractivity contribution in [2.75, 3.05) is 0 Å². The van der Waals surface area contributed by atoms with Crippen molar-refractivity contribution in [2.45, 2.75) is 6.42 Å². The number of para-hydroxylation sites is 1. The topological polar surface area (TPSA) is 73.3 Å². The fraction of sp³-hybridized carbons (Fsp3) is 0.0476. The molecule has 0 aliphatic carbocycles. The molecule has 0 aliphatic rings. The molecule has 0 saturated carbocycles. The third-order valence-electron chi connectivity index (χ3n) is 4.27. The number of benzene rings is 3. The first kappa shape index (κ1) is 15.1. The fourth-order valence-corrected chi connectivity index (χ4v) is 3.11. The third-order valence-corrected chi connectivity index (χ3v) is 4.27. The highest BCUT2D eigenvalue weighted by molar-refractivity contribution is 5.92. The number of carbonyl (C=O) groups excluding carboxylic acids is 1. The van der Waals surface area contributed by atoms with E-state index in [0.29, 0.717) is 21.9 Å². The van der Waals surface area contributed by atoms with Crippen LogP contribution >= 0.6 is 0 Å². The highest BCUT2D eigenvalue weighted by atomic mass is 16.3. The molecule has 25 heavy (non-hydrogen) atoms. The molecule has 4 rings (SSSR count). The maximum Gasteiger partial charge on any atom is 0.221 e. The van der Waals surface area contributed by atoms with Crippen LogP contribution in [0.2, 0.25) is 0 Å². The van der Waals surface area contributed by atoms with Gasteiger partial charge < -0.3 is 10.2 Å². The molecule has 0 atom stereocenters. The van der Waals surface area contributed by atoms with E-state index in [1.165, 1.54) is 0 Å². The van der Waals surface area contributed by atoms with E-state index in [4.69, 9.17) is 10.2 Å². The Kier molecular flexibility index (Phi) is 3.58. The second-order valence-electron chi connectivity index (χ2n) is 5.94. The monoisotopic (exact) mass is 329 g/mol. The highest BCUT2D eigenvalue weighted by Crippen LogP contribution is 2.28. The Bertz CT molecular complexity index is 1170. The molecule has 1 aromatic heterocycles. The fourth-order valence-electron chi connectivity index (χ4n) is 3.11. The lowest BCUT2D eigenvalue weighted by molar-refractivity contribution is -0.117. The van der Waals surface area contributed by atoms with E-state index in [1.54, 1.807) is 18.2 Å². The van der Waals surface area contributed by atoms with Gasteiger partial charge in [0.2, 0.25) is 11.3 Å². The van der Waals surface area contributed by atoms with E-state index in [2.05, 4.69) is 0 Å². The quantitative estimate of drug-likeness (QED) is 0.583. The van der Waals surface area contributed by atoms with E-state index >= 15 is 0 Å². The van der Waals surface area contributed by atoms with E-state index < -0.39 is 0 Å². The second-order valence-corrected chi connectivity index (χ2v) is 5.94. The van der Waals surface area contributed by atoms with E-state index in [0.717, 1.165) is 16.7 Å². The van der Waals surface area contributed by atoms with Gasteiger partial charge in [0.25, 0.3) is 0 Å². The number of rotatable bonds is 3. The molecular weight excluding hydrogens is 314 g/mol. The zero-order valence-corrected chi connectivity index (χ0v) is 13.4. The first-order valence-electron chi connectivity index (χ1n) is 7.96. The summed E-state index contributed by atoms with van der Waals surface area (Å²) in [5.41, 5.74) is 9.00. The van der Waals surface area contributed by atoms with Gasteiger partial charge in [-0.1, -0.05) is 42.5 Å². The molecule has 0 radical (unpaired) electrons. The van der Waals surface area contributed by atoms with Gasteiger partial charge in [0.05, 0.1) is 17.2 Å². The van der Waals surface area contributed by atoms with Crippen molar-refractivity contribution in [3.05, 3.63) is 82.5 Å². The Morgan fingerprint density at radius 1 is 0.880 bits per heavy atom. The van der Waals surface area contributed by atoms with Crippen LogP contribution in [0.3, 0.4) is 0 Å². The van der Waals surface area contributed by atoms with E-state index in [-0.39, 0.29) is 17.8 Å². The first-order valence-corrected chi connectivity index (χ1v) is 7.96. The number of nitrogens with two attached hydrogens (primary N) is 1. The molecule has 0 saturated heterocycles. The minimum atomic E-state index is -0.384. The van der Waals surface area contributed by atoms with Crippen LogP contribution in [-0.4, -0.2) is 5.91 Å². The molecular formula is C21H15NO3. The molecule has 0 unspecified atom stereocenters. The molecule has 0 spiro atoms. The molecule has 1 heterocycles. The van der Waals surface area contributed by atoms with Gasteiger partial charge in [-0.05, 0) is 41.0 Å². The zero-order chi connectivity index (χ0) is 17.4. The van der Waals surface area contributed by atoms with Crippen LogP contribution in [0.5, 0.6) is 0 Å². The Morgan fingerprint density at radius 2 is 1.60 bits per heavy atom. The third kappa shape index (κ3) is 2.68. The lowest BCUT2D eigenvalue weighted by atomic mass is 9.96. The summed E-state index contributed by atoms with van der Waals surface area (Å²) < 4.78 is 5.92. The van der Waals surface area contributed by atoms with Gasteiger partial charge in [0.15, 0.2) is 0 Å². The minimum absolute atomic E-state index is 0.0474. The van der Waals surface area contributed by atoms with E-state index in [1.807, 2.05) is 48.5 Å². The molecule has 0 aliphatic heterocycles. The van der Waals surface area contributed by atoms with Crippen LogP contribution in [-0.2, 0) is 11.2 Å². The van der Waals surface area contributed by atoms with Gasteiger partial charge in [0.1, 0.15) is 11.2 Å². The smallest absolute Gasteiger partial charge is 0.221 e. The summed E-state index contributed by atoms with van der Waals surface area (Å²) in [6.45, 7) is 0. The van der Waals surface area contributed by atoms with Gasteiger partial charge in [-0.15, -0.1) is 0 Å². The van der Waals surface area contributed by atoms with Gasteiger partial charge in [-0.2, -0.15) is 0 Å². The molecule has 0 fully saturated rings. The predicted octanol–water partition coefficient (Wildman–Crippen LogP) is 3.64. The molecule has 122 valence electrons. The average molecular weight is 329 g/mol. The van der Waals surface area contributed by atoms with Crippen LogP contribution in [0.4, 0.5) is 0 Å².